The number of carbonyl (C=O) groups is 3. The van der Waals surface area contributed by atoms with E-state index in [0.29, 0.717) is 28.0 Å². The minimum absolute atomic E-state index is 0.0262. The van der Waals surface area contributed by atoms with Gasteiger partial charge in [-0.25, -0.2) is 4.79 Å². The number of esters is 1. The summed E-state index contributed by atoms with van der Waals surface area (Å²) in [6, 6.07) is 17.8. The van der Waals surface area contributed by atoms with Crippen LogP contribution in [0.3, 0.4) is 0 Å². The van der Waals surface area contributed by atoms with E-state index in [4.69, 9.17) is 21.1 Å². The average Bonchev–Trinajstić information content (AvgIpc) is 3.13. The van der Waals surface area contributed by atoms with Gasteiger partial charge in [-0.15, -0.1) is 0 Å². The summed E-state index contributed by atoms with van der Waals surface area (Å²) >= 11 is 6.25. The van der Waals surface area contributed by atoms with E-state index < -0.39 is 23.7 Å². The van der Waals surface area contributed by atoms with Crippen molar-refractivity contribution in [1.82, 2.24) is 4.90 Å². The molecule has 8 heteroatoms. The van der Waals surface area contributed by atoms with E-state index in [1.54, 1.807) is 36.4 Å². The summed E-state index contributed by atoms with van der Waals surface area (Å²) in [5.41, 5.74) is 2.91. The van der Waals surface area contributed by atoms with Crippen molar-refractivity contribution in [2.75, 3.05) is 14.2 Å². The molecule has 4 rings (SSSR count). The van der Waals surface area contributed by atoms with Gasteiger partial charge in [0.15, 0.2) is 0 Å². The highest BCUT2D eigenvalue weighted by Gasteiger charge is 2.46. The van der Waals surface area contributed by atoms with E-state index in [-0.39, 0.29) is 22.9 Å². The standard InChI is InChI=1S/C28H24ClNO6/c1-16-6-4-5-7-20(16)24-23(25(31)19-12-13-22(35-2)21(29)14-19)26(32)27(33)30(24)15-17-8-10-18(11-9-17)28(34)36-3/h4-14,24,31H,15H2,1-3H3/b25-23+. The van der Waals surface area contributed by atoms with Gasteiger partial charge >= 0.3 is 5.97 Å². The molecule has 7 nitrogen and oxygen atoms in total. The van der Waals surface area contributed by atoms with Gasteiger partial charge in [0.1, 0.15) is 11.5 Å². The summed E-state index contributed by atoms with van der Waals surface area (Å²) in [4.78, 5) is 39.7. The number of nitrogens with zero attached hydrogens (tertiary/aromatic N) is 1. The number of carbonyl (C=O) groups excluding carboxylic acids is 3. The SMILES string of the molecule is COC(=O)c1ccc(CN2C(=O)C(=O)/C(=C(/O)c3ccc(OC)c(Cl)c3)C2c2ccccc2C)cc1. The summed E-state index contributed by atoms with van der Waals surface area (Å²) in [5.74, 6) is -1.91. The Labute approximate surface area is 213 Å². The molecule has 0 bridgehead atoms. The molecule has 0 aromatic heterocycles. The zero-order chi connectivity index (χ0) is 26.0. The Balaban J connectivity index is 1.82. The minimum atomic E-state index is -0.827. The molecule has 1 fully saturated rings. The van der Waals surface area contributed by atoms with E-state index in [1.165, 1.54) is 25.2 Å². The predicted molar refractivity (Wildman–Crippen MR) is 135 cm³/mol. The van der Waals surface area contributed by atoms with Crippen molar-refractivity contribution in [2.45, 2.75) is 19.5 Å². The third kappa shape index (κ3) is 4.57. The van der Waals surface area contributed by atoms with Gasteiger partial charge in [0.25, 0.3) is 11.7 Å². The lowest BCUT2D eigenvalue weighted by molar-refractivity contribution is -0.140. The van der Waals surface area contributed by atoms with Crippen LogP contribution in [0.1, 0.15) is 38.7 Å². The highest BCUT2D eigenvalue weighted by atomic mass is 35.5. The Morgan fingerprint density at radius 2 is 1.67 bits per heavy atom. The molecule has 0 spiro atoms. The van der Waals surface area contributed by atoms with Gasteiger partial charge in [0.05, 0.1) is 36.4 Å². The second-order valence-electron chi connectivity index (χ2n) is 8.32. The van der Waals surface area contributed by atoms with Gasteiger partial charge < -0.3 is 19.5 Å². The summed E-state index contributed by atoms with van der Waals surface area (Å²) in [5, 5.41) is 11.5. The lowest BCUT2D eigenvalue weighted by Crippen LogP contribution is -2.29. The van der Waals surface area contributed by atoms with Crippen LogP contribution < -0.4 is 4.74 Å². The molecular formula is C28H24ClNO6. The fourth-order valence-electron chi connectivity index (χ4n) is 4.29. The fraction of sp³-hybridized carbons (Fsp3) is 0.179. The first kappa shape index (κ1) is 25.0. The molecule has 0 radical (unpaired) electrons. The van der Waals surface area contributed by atoms with Crippen molar-refractivity contribution in [3.05, 3.63) is 105 Å². The summed E-state index contributed by atoms with van der Waals surface area (Å²) in [6.45, 7) is 1.97. The Morgan fingerprint density at radius 3 is 2.28 bits per heavy atom. The molecule has 0 aliphatic carbocycles. The van der Waals surface area contributed by atoms with E-state index in [9.17, 15) is 19.5 Å². The number of hydrogen-bond donors (Lipinski definition) is 1. The number of hydrogen-bond acceptors (Lipinski definition) is 6. The maximum Gasteiger partial charge on any atom is 0.337 e. The number of methoxy groups -OCH3 is 2. The Kier molecular flexibility index (Phi) is 7.12. The molecule has 1 aliphatic heterocycles. The zero-order valence-corrected chi connectivity index (χ0v) is 20.7. The molecule has 1 atom stereocenters. The number of Topliss-reactive ketones (excluding diaryl/α,β-unsaturated/α-hetero) is 1. The maximum absolute atomic E-state index is 13.3. The first-order chi connectivity index (χ1) is 17.3. The van der Waals surface area contributed by atoms with Crippen molar-refractivity contribution in [1.29, 1.82) is 0 Å². The average molecular weight is 506 g/mol. The molecule has 1 aliphatic rings. The zero-order valence-electron chi connectivity index (χ0n) is 19.9. The normalized spacial score (nSPS) is 16.8. The number of aryl methyl sites for hydroxylation is 1. The van der Waals surface area contributed by atoms with Crippen LogP contribution in [0.25, 0.3) is 5.76 Å². The monoisotopic (exact) mass is 505 g/mol. The smallest absolute Gasteiger partial charge is 0.337 e. The molecule has 1 N–H and O–H groups in total. The number of ether oxygens (including phenoxy) is 2. The molecule has 0 saturated carbocycles. The molecule has 1 unspecified atom stereocenters. The first-order valence-corrected chi connectivity index (χ1v) is 11.5. The quantitative estimate of drug-likeness (QED) is 0.218. The Morgan fingerprint density at radius 1 is 1.00 bits per heavy atom. The maximum atomic E-state index is 13.3. The molecular weight excluding hydrogens is 482 g/mol. The van der Waals surface area contributed by atoms with Gasteiger partial charge in [-0.1, -0.05) is 48.0 Å². The molecule has 1 amide bonds. The first-order valence-electron chi connectivity index (χ1n) is 11.1. The van der Waals surface area contributed by atoms with E-state index in [2.05, 4.69) is 0 Å². The summed E-state index contributed by atoms with van der Waals surface area (Å²) < 4.78 is 9.91. The molecule has 36 heavy (non-hydrogen) atoms. The van der Waals surface area contributed by atoms with E-state index in [0.717, 1.165) is 5.56 Å². The van der Waals surface area contributed by atoms with Crippen LogP contribution in [-0.4, -0.2) is 41.9 Å². The highest BCUT2D eigenvalue weighted by molar-refractivity contribution is 6.46. The van der Waals surface area contributed by atoms with Crippen molar-refractivity contribution < 1.29 is 29.0 Å². The molecule has 1 heterocycles. The summed E-state index contributed by atoms with van der Waals surface area (Å²) in [7, 11) is 2.77. The van der Waals surface area contributed by atoms with Gasteiger partial charge in [-0.3, -0.25) is 9.59 Å². The third-order valence-electron chi connectivity index (χ3n) is 6.18. The van der Waals surface area contributed by atoms with Crippen molar-refractivity contribution in [3.63, 3.8) is 0 Å². The number of aliphatic hydroxyl groups is 1. The van der Waals surface area contributed by atoms with Crippen molar-refractivity contribution in [2.24, 2.45) is 0 Å². The third-order valence-corrected chi connectivity index (χ3v) is 6.47. The highest BCUT2D eigenvalue weighted by Crippen LogP contribution is 2.42. The summed E-state index contributed by atoms with van der Waals surface area (Å²) in [6.07, 6.45) is 0. The Hall–Kier alpha value is -4.10. The van der Waals surface area contributed by atoms with Gasteiger partial charge in [-0.2, -0.15) is 0 Å². The molecule has 3 aromatic rings. The number of ketones is 1. The predicted octanol–water partition coefficient (Wildman–Crippen LogP) is 5.07. The largest absolute Gasteiger partial charge is 0.507 e. The van der Waals surface area contributed by atoms with Crippen LogP contribution >= 0.6 is 11.6 Å². The lowest BCUT2D eigenvalue weighted by Gasteiger charge is -2.26. The lowest BCUT2D eigenvalue weighted by atomic mass is 9.92. The number of halogens is 1. The minimum Gasteiger partial charge on any atom is -0.507 e. The number of aliphatic hydroxyl groups excluding tert-OH is 1. The van der Waals surface area contributed by atoms with Crippen LogP contribution in [0.5, 0.6) is 5.75 Å². The van der Waals surface area contributed by atoms with E-state index >= 15 is 0 Å². The molecule has 1 saturated heterocycles. The number of benzene rings is 3. The van der Waals surface area contributed by atoms with Crippen LogP contribution in [0.15, 0.2) is 72.3 Å². The molecule has 184 valence electrons. The van der Waals surface area contributed by atoms with Gasteiger partial charge in [0, 0.05) is 12.1 Å². The van der Waals surface area contributed by atoms with Crippen LogP contribution in [0.2, 0.25) is 5.02 Å². The molecule has 3 aromatic carbocycles. The second-order valence-corrected chi connectivity index (χ2v) is 8.73. The van der Waals surface area contributed by atoms with Crippen molar-refractivity contribution >= 4 is 35.0 Å². The van der Waals surface area contributed by atoms with E-state index in [1.807, 2.05) is 31.2 Å². The number of likely N-dealkylation sites (tertiary alicyclic amines) is 1. The van der Waals surface area contributed by atoms with Crippen LogP contribution in [0, 0.1) is 6.92 Å². The van der Waals surface area contributed by atoms with Gasteiger partial charge in [0.2, 0.25) is 0 Å². The van der Waals surface area contributed by atoms with Crippen LogP contribution in [-0.2, 0) is 20.9 Å². The fourth-order valence-corrected chi connectivity index (χ4v) is 4.55. The Bertz CT molecular complexity index is 1380. The number of amides is 1. The van der Waals surface area contributed by atoms with Crippen LogP contribution in [0.4, 0.5) is 0 Å². The topological polar surface area (TPSA) is 93.1 Å². The van der Waals surface area contributed by atoms with Gasteiger partial charge in [-0.05, 0) is 53.9 Å². The van der Waals surface area contributed by atoms with Crippen molar-refractivity contribution in [3.8, 4) is 5.75 Å². The second kappa shape index (κ2) is 10.3. The number of rotatable bonds is 6.